The number of carbonyl (C=O) groups excluding carboxylic acids is 2. The van der Waals surface area contributed by atoms with Gasteiger partial charge in [0.25, 0.3) is 5.91 Å². The van der Waals surface area contributed by atoms with Gasteiger partial charge in [-0.1, -0.05) is 6.92 Å². The van der Waals surface area contributed by atoms with Gasteiger partial charge < -0.3 is 15.3 Å². The van der Waals surface area contributed by atoms with Crippen molar-refractivity contribution in [2.75, 3.05) is 13.1 Å². The smallest absolute Gasteiger partial charge is 0.255 e. The van der Waals surface area contributed by atoms with Crippen molar-refractivity contribution >= 4 is 11.8 Å². The fraction of sp³-hybridized carbons (Fsp3) is 0.533. The van der Waals surface area contributed by atoms with Crippen LogP contribution in [-0.2, 0) is 4.79 Å². The zero-order valence-corrected chi connectivity index (χ0v) is 12.2. The molecule has 0 aromatic carbocycles. The monoisotopic (exact) mass is 291 g/mol. The van der Waals surface area contributed by atoms with Crippen molar-refractivity contribution in [2.24, 2.45) is 0 Å². The molecule has 2 N–H and O–H groups in total. The number of pyridine rings is 1. The minimum atomic E-state index is -0.128. The highest BCUT2D eigenvalue weighted by Gasteiger charge is 2.24. The fourth-order valence-corrected chi connectivity index (χ4v) is 2.48. The summed E-state index contributed by atoms with van der Waals surface area (Å²) in [6.07, 6.45) is 5.66. The topological polar surface area (TPSA) is 82.5 Å². The number of aromatic nitrogens is 1. The van der Waals surface area contributed by atoms with E-state index in [9.17, 15) is 14.7 Å². The molecular weight excluding hydrogens is 270 g/mol. The second kappa shape index (κ2) is 7.06. The molecule has 0 aliphatic carbocycles. The van der Waals surface area contributed by atoms with Crippen molar-refractivity contribution in [3.05, 3.63) is 24.0 Å². The van der Waals surface area contributed by atoms with E-state index in [-0.39, 0.29) is 23.6 Å². The molecule has 1 aliphatic heterocycles. The summed E-state index contributed by atoms with van der Waals surface area (Å²) in [5.74, 6) is -0.0567. The highest BCUT2D eigenvalue weighted by molar-refractivity contribution is 5.94. The van der Waals surface area contributed by atoms with Crippen LogP contribution < -0.4 is 5.32 Å². The zero-order chi connectivity index (χ0) is 15.2. The number of nitrogens with one attached hydrogen (secondary N) is 1. The first kappa shape index (κ1) is 15.3. The van der Waals surface area contributed by atoms with Gasteiger partial charge in [0.05, 0.1) is 11.8 Å². The Hall–Kier alpha value is -2.11. The number of hydrogen-bond donors (Lipinski definition) is 2. The van der Waals surface area contributed by atoms with Crippen molar-refractivity contribution in [1.82, 2.24) is 15.2 Å². The SMILES string of the molecule is CCCC(=O)NC1CCN(C(=O)c2cncc(O)c2)CC1. The van der Waals surface area contributed by atoms with Crippen LogP contribution in [0.15, 0.2) is 18.5 Å². The number of carbonyl (C=O) groups is 2. The molecule has 0 spiro atoms. The molecule has 1 aliphatic rings. The molecule has 0 saturated carbocycles. The predicted molar refractivity (Wildman–Crippen MR) is 77.9 cm³/mol. The summed E-state index contributed by atoms with van der Waals surface area (Å²) in [6, 6.07) is 1.57. The first-order chi connectivity index (χ1) is 10.1. The summed E-state index contributed by atoms with van der Waals surface area (Å²) in [4.78, 5) is 29.4. The maximum Gasteiger partial charge on any atom is 0.255 e. The second-order valence-corrected chi connectivity index (χ2v) is 5.32. The van der Waals surface area contributed by atoms with Crippen molar-refractivity contribution in [2.45, 2.75) is 38.6 Å². The Kier molecular flexibility index (Phi) is 5.14. The molecule has 2 amide bonds. The maximum atomic E-state index is 12.3. The van der Waals surface area contributed by atoms with Crippen molar-refractivity contribution in [3.63, 3.8) is 0 Å². The molecule has 2 heterocycles. The van der Waals surface area contributed by atoms with E-state index >= 15 is 0 Å². The molecule has 6 heteroatoms. The van der Waals surface area contributed by atoms with E-state index in [1.807, 2.05) is 6.92 Å². The number of amides is 2. The summed E-state index contributed by atoms with van der Waals surface area (Å²) < 4.78 is 0. The van der Waals surface area contributed by atoms with Gasteiger partial charge in [-0.2, -0.15) is 0 Å². The van der Waals surface area contributed by atoms with Crippen molar-refractivity contribution in [1.29, 1.82) is 0 Å². The number of nitrogens with zero attached hydrogens (tertiary/aromatic N) is 2. The lowest BCUT2D eigenvalue weighted by Gasteiger charge is -2.32. The summed E-state index contributed by atoms with van der Waals surface area (Å²) in [5.41, 5.74) is 0.392. The normalized spacial score (nSPS) is 15.8. The van der Waals surface area contributed by atoms with Crippen LogP contribution in [0.3, 0.4) is 0 Å². The van der Waals surface area contributed by atoms with Crippen LogP contribution in [-0.4, -0.2) is 45.9 Å². The summed E-state index contributed by atoms with van der Waals surface area (Å²) in [7, 11) is 0. The van der Waals surface area contributed by atoms with E-state index in [4.69, 9.17) is 0 Å². The number of aromatic hydroxyl groups is 1. The van der Waals surface area contributed by atoms with Crippen LogP contribution in [0.2, 0.25) is 0 Å². The van der Waals surface area contributed by atoms with Gasteiger partial charge in [0, 0.05) is 31.7 Å². The van der Waals surface area contributed by atoms with Crippen LogP contribution in [0.25, 0.3) is 0 Å². The van der Waals surface area contributed by atoms with Gasteiger partial charge in [-0.05, 0) is 25.3 Å². The molecule has 0 radical (unpaired) electrons. The van der Waals surface area contributed by atoms with Crippen LogP contribution in [0, 0.1) is 0 Å². The predicted octanol–water partition coefficient (Wildman–Crippen LogP) is 1.31. The third kappa shape index (κ3) is 4.18. The van der Waals surface area contributed by atoms with Crippen LogP contribution in [0.4, 0.5) is 0 Å². The molecule has 1 aromatic rings. The first-order valence-corrected chi connectivity index (χ1v) is 7.32. The Bertz CT molecular complexity index is 511. The molecule has 1 saturated heterocycles. The van der Waals surface area contributed by atoms with Gasteiger partial charge in [-0.15, -0.1) is 0 Å². The lowest BCUT2D eigenvalue weighted by Crippen LogP contribution is -2.46. The molecular formula is C15H21N3O3. The van der Waals surface area contributed by atoms with Gasteiger partial charge in [0.15, 0.2) is 0 Å². The van der Waals surface area contributed by atoms with Crippen LogP contribution in [0.1, 0.15) is 43.0 Å². The maximum absolute atomic E-state index is 12.3. The van der Waals surface area contributed by atoms with E-state index in [2.05, 4.69) is 10.3 Å². The molecule has 0 unspecified atom stereocenters. The van der Waals surface area contributed by atoms with Crippen molar-refractivity contribution < 1.29 is 14.7 Å². The largest absolute Gasteiger partial charge is 0.506 e. The van der Waals surface area contributed by atoms with Crippen molar-refractivity contribution in [3.8, 4) is 5.75 Å². The van der Waals surface area contributed by atoms with E-state index in [1.165, 1.54) is 18.5 Å². The minimum Gasteiger partial charge on any atom is -0.506 e. The van der Waals surface area contributed by atoms with Gasteiger partial charge in [0.2, 0.25) is 5.91 Å². The van der Waals surface area contributed by atoms with Gasteiger partial charge >= 0.3 is 0 Å². The summed E-state index contributed by atoms with van der Waals surface area (Å²) in [5, 5.41) is 12.4. The Morgan fingerprint density at radius 1 is 1.38 bits per heavy atom. The Balaban J connectivity index is 1.86. The Morgan fingerprint density at radius 2 is 2.10 bits per heavy atom. The van der Waals surface area contributed by atoms with Crippen LogP contribution >= 0.6 is 0 Å². The second-order valence-electron chi connectivity index (χ2n) is 5.32. The third-order valence-electron chi connectivity index (χ3n) is 3.60. The molecule has 114 valence electrons. The number of likely N-dealkylation sites (tertiary alicyclic amines) is 1. The minimum absolute atomic E-state index is 0.0115. The summed E-state index contributed by atoms with van der Waals surface area (Å²) >= 11 is 0. The van der Waals surface area contributed by atoms with E-state index in [0.717, 1.165) is 19.3 Å². The highest BCUT2D eigenvalue weighted by Crippen LogP contribution is 2.16. The van der Waals surface area contributed by atoms with Crippen LogP contribution in [0.5, 0.6) is 5.75 Å². The fourth-order valence-electron chi connectivity index (χ4n) is 2.48. The first-order valence-electron chi connectivity index (χ1n) is 7.32. The molecule has 6 nitrogen and oxygen atoms in total. The average Bonchev–Trinajstić information content (AvgIpc) is 2.47. The number of hydrogen-bond acceptors (Lipinski definition) is 4. The van der Waals surface area contributed by atoms with Gasteiger partial charge in [-0.3, -0.25) is 14.6 Å². The van der Waals surface area contributed by atoms with E-state index < -0.39 is 0 Å². The summed E-state index contributed by atoms with van der Waals surface area (Å²) in [6.45, 7) is 3.18. The van der Waals surface area contributed by atoms with Gasteiger partial charge in [0.1, 0.15) is 5.75 Å². The number of rotatable bonds is 4. The highest BCUT2D eigenvalue weighted by atomic mass is 16.3. The quantitative estimate of drug-likeness (QED) is 0.876. The number of piperidine rings is 1. The third-order valence-corrected chi connectivity index (χ3v) is 3.60. The Labute approximate surface area is 124 Å². The molecule has 2 rings (SSSR count). The van der Waals surface area contributed by atoms with E-state index in [0.29, 0.717) is 25.1 Å². The molecule has 0 atom stereocenters. The lowest BCUT2D eigenvalue weighted by atomic mass is 10.0. The molecule has 1 aromatic heterocycles. The molecule has 21 heavy (non-hydrogen) atoms. The Morgan fingerprint density at radius 3 is 2.71 bits per heavy atom. The molecule has 0 bridgehead atoms. The zero-order valence-electron chi connectivity index (χ0n) is 12.2. The lowest BCUT2D eigenvalue weighted by molar-refractivity contribution is -0.122. The standard InChI is InChI=1S/C15H21N3O3/c1-2-3-14(20)17-12-4-6-18(7-5-12)15(21)11-8-13(19)10-16-9-11/h8-10,12,19H,2-7H2,1H3,(H,17,20). The average molecular weight is 291 g/mol. The molecule has 1 fully saturated rings. The van der Waals surface area contributed by atoms with E-state index in [1.54, 1.807) is 4.90 Å². The van der Waals surface area contributed by atoms with Gasteiger partial charge in [-0.25, -0.2) is 0 Å².